The lowest BCUT2D eigenvalue weighted by Gasteiger charge is -2.06. The molecule has 3 heteroatoms. The van der Waals surface area contributed by atoms with Crippen LogP contribution in [0, 0.1) is 13.8 Å². The Bertz CT molecular complexity index is 795. The normalized spacial score (nSPS) is 10.9. The highest BCUT2D eigenvalue weighted by Gasteiger charge is 2.18. The molecule has 0 saturated carbocycles. The maximum absolute atomic E-state index is 12.6. The average molecular weight is 285 g/mol. The highest BCUT2D eigenvalue weighted by atomic mass is 35.5. The van der Waals surface area contributed by atoms with Crippen molar-refractivity contribution in [3.8, 4) is 0 Å². The van der Waals surface area contributed by atoms with Crippen LogP contribution < -0.4 is 0 Å². The third-order valence-electron chi connectivity index (χ3n) is 3.41. The van der Waals surface area contributed by atoms with Crippen LogP contribution in [0.15, 0.2) is 46.9 Å². The van der Waals surface area contributed by atoms with Crippen LogP contribution in [-0.4, -0.2) is 5.78 Å². The van der Waals surface area contributed by atoms with E-state index in [2.05, 4.69) is 0 Å². The minimum absolute atomic E-state index is 0.0899. The lowest BCUT2D eigenvalue weighted by molar-refractivity contribution is 0.101. The summed E-state index contributed by atoms with van der Waals surface area (Å²) in [5, 5.41) is 1.47. The molecule has 0 aliphatic carbocycles. The summed E-state index contributed by atoms with van der Waals surface area (Å²) in [6.07, 6.45) is 0. The van der Waals surface area contributed by atoms with Crippen molar-refractivity contribution in [2.75, 3.05) is 0 Å². The van der Waals surface area contributed by atoms with Crippen molar-refractivity contribution < 1.29 is 9.21 Å². The molecule has 3 aromatic rings. The number of hydrogen-bond donors (Lipinski definition) is 0. The highest BCUT2D eigenvalue weighted by molar-refractivity contribution is 6.31. The van der Waals surface area contributed by atoms with Crippen LogP contribution in [0.3, 0.4) is 0 Å². The summed E-state index contributed by atoms with van der Waals surface area (Å²) < 4.78 is 5.64. The minimum Gasteiger partial charge on any atom is -0.453 e. The first-order valence-electron chi connectivity index (χ1n) is 6.36. The molecule has 0 amide bonds. The molecular formula is C17H13ClO2. The van der Waals surface area contributed by atoms with Crippen molar-refractivity contribution >= 4 is 28.4 Å². The Morgan fingerprint density at radius 2 is 1.75 bits per heavy atom. The number of fused-ring (bicyclic) bond motifs is 1. The van der Waals surface area contributed by atoms with Gasteiger partial charge < -0.3 is 4.42 Å². The second-order valence-electron chi connectivity index (χ2n) is 4.89. The second kappa shape index (κ2) is 4.80. The smallest absolute Gasteiger partial charge is 0.228 e. The van der Waals surface area contributed by atoms with E-state index in [1.165, 1.54) is 0 Å². The molecule has 0 aliphatic rings. The van der Waals surface area contributed by atoms with Gasteiger partial charge in [-0.15, -0.1) is 0 Å². The van der Waals surface area contributed by atoms with Gasteiger partial charge in [0.1, 0.15) is 5.58 Å². The number of ketones is 1. The molecule has 0 saturated heterocycles. The zero-order valence-electron chi connectivity index (χ0n) is 11.2. The van der Waals surface area contributed by atoms with E-state index in [1.807, 2.05) is 32.0 Å². The number of carbonyl (C=O) groups excluding carboxylic acids is 1. The zero-order valence-corrected chi connectivity index (χ0v) is 12.0. The third-order valence-corrected chi connectivity index (χ3v) is 3.65. The van der Waals surface area contributed by atoms with E-state index in [0.29, 0.717) is 21.9 Å². The quantitative estimate of drug-likeness (QED) is 0.624. The van der Waals surface area contributed by atoms with Gasteiger partial charge in [0, 0.05) is 16.0 Å². The van der Waals surface area contributed by atoms with Gasteiger partial charge in [0.25, 0.3) is 0 Å². The Morgan fingerprint density at radius 3 is 2.45 bits per heavy atom. The SMILES string of the molecule is Cc1cccc(C)c1C(=O)c1cc2cc(Cl)ccc2o1. The van der Waals surface area contributed by atoms with Crippen LogP contribution >= 0.6 is 11.6 Å². The molecule has 3 rings (SSSR count). The van der Waals surface area contributed by atoms with Gasteiger partial charge in [0.2, 0.25) is 5.78 Å². The van der Waals surface area contributed by atoms with E-state index < -0.39 is 0 Å². The van der Waals surface area contributed by atoms with Gasteiger partial charge in [0.15, 0.2) is 5.76 Å². The van der Waals surface area contributed by atoms with Crippen molar-refractivity contribution in [1.29, 1.82) is 0 Å². The largest absolute Gasteiger partial charge is 0.453 e. The van der Waals surface area contributed by atoms with Gasteiger partial charge >= 0.3 is 0 Å². The minimum atomic E-state index is -0.0899. The molecule has 0 atom stereocenters. The van der Waals surface area contributed by atoms with Crippen LogP contribution in [0.4, 0.5) is 0 Å². The first-order chi connectivity index (χ1) is 9.56. The van der Waals surface area contributed by atoms with E-state index in [0.717, 1.165) is 16.5 Å². The number of aryl methyl sites for hydroxylation is 2. The fourth-order valence-corrected chi connectivity index (χ4v) is 2.60. The number of benzene rings is 2. The van der Waals surface area contributed by atoms with Crippen LogP contribution in [0.25, 0.3) is 11.0 Å². The van der Waals surface area contributed by atoms with Crippen molar-refractivity contribution in [3.05, 3.63) is 69.9 Å². The molecule has 0 aliphatic heterocycles. The fraction of sp³-hybridized carbons (Fsp3) is 0.118. The molecule has 0 N–H and O–H groups in total. The first kappa shape index (κ1) is 12.9. The van der Waals surface area contributed by atoms with Gasteiger partial charge in [-0.05, 0) is 49.2 Å². The molecule has 0 spiro atoms. The van der Waals surface area contributed by atoms with Crippen LogP contribution in [0.1, 0.15) is 27.2 Å². The van der Waals surface area contributed by atoms with Crippen LogP contribution in [0.2, 0.25) is 5.02 Å². The monoisotopic (exact) mass is 284 g/mol. The van der Waals surface area contributed by atoms with Crippen molar-refractivity contribution in [1.82, 2.24) is 0 Å². The molecule has 1 aromatic heterocycles. The maximum Gasteiger partial charge on any atom is 0.228 e. The Morgan fingerprint density at radius 1 is 1.05 bits per heavy atom. The van der Waals surface area contributed by atoms with E-state index >= 15 is 0 Å². The zero-order chi connectivity index (χ0) is 14.3. The van der Waals surface area contributed by atoms with Gasteiger partial charge in [0.05, 0.1) is 0 Å². The molecule has 0 unspecified atom stereocenters. The van der Waals surface area contributed by atoms with E-state index in [-0.39, 0.29) is 5.78 Å². The maximum atomic E-state index is 12.6. The van der Waals surface area contributed by atoms with Crippen molar-refractivity contribution in [3.63, 3.8) is 0 Å². The molecule has 2 nitrogen and oxygen atoms in total. The predicted molar refractivity (Wildman–Crippen MR) is 80.6 cm³/mol. The Balaban J connectivity index is 2.13. The third kappa shape index (κ3) is 2.12. The highest BCUT2D eigenvalue weighted by Crippen LogP contribution is 2.26. The Labute approximate surface area is 122 Å². The van der Waals surface area contributed by atoms with Gasteiger partial charge in [-0.3, -0.25) is 4.79 Å². The summed E-state index contributed by atoms with van der Waals surface area (Å²) in [5.41, 5.74) is 3.28. The molecule has 0 fully saturated rings. The molecule has 20 heavy (non-hydrogen) atoms. The molecular weight excluding hydrogens is 272 g/mol. The van der Waals surface area contributed by atoms with Crippen LogP contribution in [0.5, 0.6) is 0 Å². The lowest BCUT2D eigenvalue weighted by atomic mass is 9.98. The van der Waals surface area contributed by atoms with Crippen molar-refractivity contribution in [2.45, 2.75) is 13.8 Å². The van der Waals surface area contributed by atoms with Gasteiger partial charge in [-0.2, -0.15) is 0 Å². The topological polar surface area (TPSA) is 30.2 Å². The van der Waals surface area contributed by atoms with E-state index in [1.54, 1.807) is 24.3 Å². The Hall–Kier alpha value is -2.06. The summed E-state index contributed by atoms with van der Waals surface area (Å²) in [4.78, 5) is 12.6. The Kier molecular flexibility index (Phi) is 3.11. The van der Waals surface area contributed by atoms with Gasteiger partial charge in [-0.25, -0.2) is 0 Å². The number of carbonyl (C=O) groups is 1. The molecule has 2 aromatic carbocycles. The van der Waals surface area contributed by atoms with E-state index in [4.69, 9.17) is 16.0 Å². The summed E-state index contributed by atoms with van der Waals surface area (Å²) in [6.45, 7) is 3.86. The van der Waals surface area contributed by atoms with Crippen LogP contribution in [-0.2, 0) is 0 Å². The standard InChI is InChI=1S/C17H13ClO2/c1-10-4-3-5-11(2)16(10)17(19)15-9-12-8-13(18)6-7-14(12)20-15/h3-9H,1-2H3. The number of rotatable bonds is 2. The first-order valence-corrected chi connectivity index (χ1v) is 6.74. The van der Waals surface area contributed by atoms with E-state index in [9.17, 15) is 4.79 Å². The number of hydrogen-bond acceptors (Lipinski definition) is 2. The number of halogens is 1. The number of furan rings is 1. The summed E-state index contributed by atoms with van der Waals surface area (Å²) >= 11 is 5.95. The fourth-order valence-electron chi connectivity index (χ4n) is 2.42. The summed E-state index contributed by atoms with van der Waals surface area (Å²) in [6, 6.07) is 12.9. The molecule has 100 valence electrons. The van der Waals surface area contributed by atoms with Gasteiger partial charge in [-0.1, -0.05) is 29.8 Å². The molecule has 1 heterocycles. The average Bonchev–Trinajstić information content (AvgIpc) is 2.81. The summed E-state index contributed by atoms with van der Waals surface area (Å²) in [7, 11) is 0. The van der Waals surface area contributed by atoms with Crippen molar-refractivity contribution in [2.24, 2.45) is 0 Å². The molecule has 0 bridgehead atoms. The molecule has 0 radical (unpaired) electrons. The predicted octanol–water partition coefficient (Wildman–Crippen LogP) is 4.93. The second-order valence-corrected chi connectivity index (χ2v) is 5.33. The lowest BCUT2D eigenvalue weighted by Crippen LogP contribution is -2.04. The summed E-state index contributed by atoms with van der Waals surface area (Å²) in [5.74, 6) is 0.257.